The molecule has 0 aliphatic carbocycles. The Bertz CT molecular complexity index is 1630. The van der Waals surface area contributed by atoms with Crippen molar-refractivity contribution in [2.24, 2.45) is 5.41 Å². The van der Waals surface area contributed by atoms with E-state index in [9.17, 15) is 30.8 Å². The van der Waals surface area contributed by atoms with Crippen molar-refractivity contribution in [3.05, 3.63) is 71.2 Å². The van der Waals surface area contributed by atoms with Crippen molar-refractivity contribution < 1.29 is 44.4 Å². The van der Waals surface area contributed by atoms with Crippen molar-refractivity contribution in [2.75, 3.05) is 24.6 Å². The van der Waals surface area contributed by atoms with E-state index < -0.39 is 33.6 Å². The summed E-state index contributed by atoms with van der Waals surface area (Å²) in [5.74, 6) is -1.21. The summed E-state index contributed by atoms with van der Waals surface area (Å²) in [5, 5.41) is 0. The quantitative estimate of drug-likeness (QED) is 0.0921. The highest BCUT2D eigenvalue weighted by atomic mass is 32.2. The Hall–Kier alpha value is -3.87. The molecule has 0 spiro atoms. The first-order valence-corrected chi connectivity index (χ1v) is 16.3. The van der Waals surface area contributed by atoms with Gasteiger partial charge in [0, 0.05) is 30.8 Å². The fourth-order valence-corrected chi connectivity index (χ4v) is 5.59. The molecule has 4 rings (SSSR count). The molecule has 0 bridgehead atoms. The van der Waals surface area contributed by atoms with E-state index in [0.29, 0.717) is 42.1 Å². The van der Waals surface area contributed by atoms with Crippen molar-refractivity contribution in [1.29, 1.82) is 0 Å². The average Bonchev–Trinajstić information content (AvgIpc) is 2.95. The highest BCUT2D eigenvalue weighted by Gasteiger charge is 2.49. The number of hydrogen-bond donors (Lipinski definition) is 0. The smallest absolute Gasteiger partial charge is 0.493 e. The van der Waals surface area contributed by atoms with E-state index in [4.69, 9.17) is 13.7 Å². The van der Waals surface area contributed by atoms with Crippen LogP contribution in [-0.4, -0.2) is 50.7 Å². The first kappa shape index (κ1) is 35.0. The first-order valence-electron chi connectivity index (χ1n) is 14.9. The maximum atomic E-state index is 13.5. The molecule has 0 saturated carbocycles. The van der Waals surface area contributed by atoms with Crippen LogP contribution in [0.25, 0.3) is 11.1 Å². The maximum absolute atomic E-state index is 13.5. The van der Waals surface area contributed by atoms with Crippen LogP contribution in [0.4, 0.5) is 23.2 Å². The lowest BCUT2D eigenvalue weighted by Crippen LogP contribution is -2.38. The van der Waals surface area contributed by atoms with Crippen LogP contribution in [0.3, 0.4) is 0 Å². The number of rotatable bonds is 11. The molecule has 1 fully saturated rings. The molecule has 1 aliphatic rings. The van der Waals surface area contributed by atoms with E-state index in [1.165, 1.54) is 19.1 Å². The number of carbonyl (C=O) groups excluding carboxylic acids is 1. The van der Waals surface area contributed by atoms with Crippen molar-refractivity contribution in [3.63, 3.8) is 0 Å². The SMILES string of the molecule is Cc1nc(OS(=O)(=O)C(F)(F)F)c(-c2ccc(OCCc3ccc(F)cc3)cc2)c(N2CCC(C)(C)CC2)c1CC(=O)OC(C)C. The zero-order valence-corrected chi connectivity index (χ0v) is 27.2. The second kappa shape index (κ2) is 13.9. The number of pyridine rings is 1. The van der Waals surface area contributed by atoms with Crippen LogP contribution >= 0.6 is 0 Å². The van der Waals surface area contributed by atoms with Gasteiger partial charge < -0.3 is 18.6 Å². The second-order valence-electron chi connectivity index (χ2n) is 12.3. The van der Waals surface area contributed by atoms with Crippen molar-refractivity contribution >= 4 is 21.8 Å². The Balaban J connectivity index is 1.80. The number of alkyl halides is 3. The predicted octanol–water partition coefficient (Wildman–Crippen LogP) is 7.17. The number of benzene rings is 2. The summed E-state index contributed by atoms with van der Waals surface area (Å²) in [7, 11) is -6.09. The van der Waals surface area contributed by atoms with Gasteiger partial charge in [0.25, 0.3) is 0 Å². The minimum absolute atomic E-state index is 0.00132. The molecule has 1 aliphatic heterocycles. The van der Waals surface area contributed by atoms with Crippen LogP contribution in [0.2, 0.25) is 0 Å². The van der Waals surface area contributed by atoms with Gasteiger partial charge in [-0.2, -0.15) is 21.6 Å². The average molecular weight is 667 g/mol. The third kappa shape index (κ3) is 8.68. The topological polar surface area (TPSA) is 95.0 Å². The molecular weight excluding hydrogens is 628 g/mol. The number of carbonyl (C=O) groups is 1. The molecule has 2 aromatic carbocycles. The van der Waals surface area contributed by atoms with Gasteiger partial charge in [0.1, 0.15) is 11.6 Å². The standard InChI is InChI=1S/C33H38F4N2O6S/c1-21(2)44-28(40)20-27-22(3)38-31(45-46(41,42)33(35,36)37)29(30(27)39-17-15-32(4,5)16-18-39)24-8-12-26(13-9-24)43-19-14-23-6-10-25(34)11-7-23/h6-13,21H,14-20H2,1-5H3. The van der Waals surface area contributed by atoms with Crippen molar-refractivity contribution in [2.45, 2.75) is 71.9 Å². The van der Waals surface area contributed by atoms with Crippen LogP contribution in [-0.2, 0) is 32.5 Å². The van der Waals surface area contributed by atoms with Gasteiger partial charge in [0.2, 0.25) is 5.88 Å². The highest BCUT2D eigenvalue weighted by molar-refractivity contribution is 7.88. The van der Waals surface area contributed by atoms with Gasteiger partial charge in [-0.1, -0.05) is 38.1 Å². The fourth-order valence-electron chi connectivity index (χ4n) is 5.17. The number of aryl methyl sites for hydroxylation is 1. The molecule has 0 N–H and O–H groups in total. The number of hydrogen-bond acceptors (Lipinski definition) is 8. The fraction of sp³-hybridized carbons (Fsp3) is 0.455. The van der Waals surface area contributed by atoms with E-state index in [2.05, 4.69) is 18.8 Å². The molecule has 3 aromatic rings. The minimum atomic E-state index is -6.09. The van der Waals surface area contributed by atoms with E-state index in [1.807, 2.05) is 4.90 Å². The molecule has 1 aromatic heterocycles. The molecule has 8 nitrogen and oxygen atoms in total. The predicted molar refractivity (Wildman–Crippen MR) is 166 cm³/mol. The molecule has 2 heterocycles. The van der Waals surface area contributed by atoms with Crippen LogP contribution in [0.5, 0.6) is 11.6 Å². The summed E-state index contributed by atoms with van der Waals surface area (Å²) in [5.41, 5.74) is -3.62. The Morgan fingerprint density at radius 1 is 1.02 bits per heavy atom. The molecule has 0 radical (unpaired) electrons. The largest absolute Gasteiger partial charge is 0.534 e. The number of nitrogens with zero attached hydrogens (tertiary/aromatic N) is 2. The van der Waals surface area contributed by atoms with Crippen LogP contribution in [0, 0.1) is 18.2 Å². The van der Waals surface area contributed by atoms with Crippen LogP contribution < -0.4 is 13.8 Å². The van der Waals surface area contributed by atoms with Crippen LogP contribution in [0.1, 0.15) is 57.4 Å². The molecule has 0 amide bonds. The van der Waals surface area contributed by atoms with Gasteiger partial charge in [-0.15, -0.1) is 0 Å². The maximum Gasteiger partial charge on any atom is 0.534 e. The molecule has 46 heavy (non-hydrogen) atoms. The zero-order valence-electron chi connectivity index (χ0n) is 26.4. The molecule has 1 saturated heterocycles. The second-order valence-corrected chi connectivity index (χ2v) is 13.8. The lowest BCUT2D eigenvalue weighted by molar-refractivity contribution is -0.146. The molecular formula is C33H38F4N2O6S. The Labute approximate surface area is 266 Å². The number of aromatic nitrogens is 1. The monoisotopic (exact) mass is 666 g/mol. The molecule has 250 valence electrons. The van der Waals surface area contributed by atoms with E-state index in [0.717, 1.165) is 18.4 Å². The normalized spacial score (nSPS) is 15.1. The van der Waals surface area contributed by atoms with E-state index >= 15 is 0 Å². The van der Waals surface area contributed by atoms with Crippen molar-refractivity contribution in [3.8, 4) is 22.8 Å². The van der Waals surface area contributed by atoms with Crippen LogP contribution in [0.15, 0.2) is 48.5 Å². The summed E-state index contributed by atoms with van der Waals surface area (Å²) in [6, 6.07) is 12.4. The van der Waals surface area contributed by atoms with Crippen molar-refractivity contribution in [1.82, 2.24) is 4.98 Å². The summed E-state index contributed by atoms with van der Waals surface area (Å²) < 4.78 is 94.3. The van der Waals surface area contributed by atoms with Gasteiger partial charge in [-0.3, -0.25) is 4.79 Å². The Morgan fingerprint density at radius 3 is 2.20 bits per heavy atom. The van der Waals surface area contributed by atoms with E-state index in [1.54, 1.807) is 50.2 Å². The number of anilines is 1. The summed E-state index contributed by atoms with van der Waals surface area (Å²) in [6.45, 7) is 10.4. The Kier molecular flexibility index (Phi) is 10.5. The molecule has 0 atom stereocenters. The zero-order chi connectivity index (χ0) is 33.9. The third-order valence-electron chi connectivity index (χ3n) is 7.75. The highest BCUT2D eigenvalue weighted by Crippen LogP contribution is 2.45. The summed E-state index contributed by atoms with van der Waals surface area (Å²) in [4.78, 5) is 19.0. The van der Waals surface area contributed by atoms with Gasteiger partial charge in [-0.25, -0.2) is 9.37 Å². The number of esters is 1. The Morgan fingerprint density at radius 2 is 1.63 bits per heavy atom. The molecule has 13 heteroatoms. The van der Waals surface area contributed by atoms with Gasteiger partial charge in [0.15, 0.2) is 0 Å². The first-order chi connectivity index (χ1) is 21.5. The minimum Gasteiger partial charge on any atom is -0.493 e. The van der Waals surface area contributed by atoms with Gasteiger partial charge >= 0.3 is 21.6 Å². The summed E-state index contributed by atoms with van der Waals surface area (Å²) in [6.07, 6.45) is 1.33. The number of piperidine rings is 1. The van der Waals surface area contributed by atoms with E-state index in [-0.39, 0.29) is 35.5 Å². The van der Waals surface area contributed by atoms with Gasteiger partial charge in [0.05, 0.1) is 30.4 Å². The number of ether oxygens (including phenoxy) is 2. The molecule has 0 unspecified atom stereocenters. The lowest BCUT2D eigenvalue weighted by Gasteiger charge is -2.40. The summed E-state index contributed by atoms with van der Waals surface area (Å²) >= 11 is 0. The van der Waals surface area contributed by atoms with Gasteiger partial charge in [-0.05, 0) is 74.4 Å². The third-order valence-corrected chi connectivity index (χ3v) is 8.70. The number of halogens is 4. The lowest BCUT2D eigenvalue weighted by atomic mass is 9.82.